The molecule has 0 unspecified atom stereocenters. The number of carbonyl (C=O) groups excluding carboxylic acids is 1. The smallest absolute Gasteiger partial charge is 0.337 e. The first-order valence-corrected chi connectivity index (χ1v) is 6.51. The molecule has 1 heterocycles. The fourth-order valence-corrected chi connectivity index (χ4v) is 2.26. The summed E-state index contributed by atoms with van der Waals surface area (Å²) in [7, 11) is 1.31. The summed E-state index contributed by atoms with van der Waals surface area (Å²) in [6, 6.07) is 11.5. The van der Waals surface area contributed by atoms with Crippen LogP contribution in [0.5, 0.6) is 0 Å². The van der Waals surface area contributed by atoms with E-state index in [2.05, 4.69) is 14.7 Å². The van der Waals surface area contributed by atoms with Gasteiger partial charge in [0.05, 0.1) is 29.3 Å². The van der Waals surface area contributed by atoms with Crippen molar-refractivity contribution in [1.82, 2.24) is 9.97 Å². The van der Waals surface area contributed by atoms with E-state index < -0.39 is 11.9 Å². The molecule has 3 aromatic rings. The molecule has 0 bridgehead atoms. The fraction of sp³-hybridized carbons (Fsp3) is 0.0625. The highest BCUT2D eigenvalue weighted by atomic mass is 16.5. The van der Waals surface area contributed by atoms with E-state index in [0.717, 1.165) is 0 Å². The summed E-state index contributed by atoms with van der Waals surface area (Å²) in [5.74, 6) is -1.02. The maximum atomic E-state index is 11.5. The number of rotatable bonds is 3. The van der Waals surface area contributed by atoms with E-state index in [1.165, 1.54) is 13.2 Å². The number of carboxylic acid groups (broad SMARTS) is 1. The molecule has 0 aliphatic rings. The molecule has 0 fully saturated rings. The topological polar surface area (TPSA) is 92.3 Å². The summed E-state index contributed by atoms with van der Waals surface area (Å²) in [6.07, 6.45) is 0. The number of esters is 1. The normalized spacial score (nSPS) is 10.6. The van der Waals surface area contributed by atoms with Gasteiger partial charge in [0.25, 0.3) is 0 Å². The van der Waals surface area contributed by atoms with Crippen molar-refractivity contribution in [3.8, 4) is 11.4 Å². The van der Waals surface area contributed by atoms with Crippen molar-refractivity contribution in [2.75, 3.05) is 7.11 Å². The molecular formula is C16H12N2O4. The van der Waals surface area contributed by atoms with E-state index >= 15 is 0 Å². The Morgan fingerprint density at radius 2 is 1.95 bits per heavy atom. The molecule has 0 spiro atoms. The first-order chi connectivity index (χ1) is 10.6. The van der Waals surface area contributed by atoms with Gasteiger partial charge in [0.1, 0.15) is 5.82 Å². The molecule has 0 radical (unpaired) electrons. The minimum Gasteiger partial charge on any atom is -0.478 e. The third kappa shape index (κ3) is 2.31. The van der Waals surface area contributed by atoms with Gasteiger partial charge in [0.15, 0.2) is 0 Å². The average Bonchev–Trinajstić information content (AvgIpc) is 2.96. The lowest BCUT2D eigenvalue weighted by molar-refractivity contribution is 0.0600. The molecule has 0 aliphatic heterocycles. The highest BCUT2D eigenvalue weighted by Gasteiger charge is 2.15. The quantitative estimate of drug-likeness (QED) is 0.725. The zero-order chi connectivity index (χ0) is 15.7. The first kappa shape index (κ1) is 13.8. The van der Waals surface area contributed by atoms with Crippen LogP contribution in [0.4, 0.5) is 0 Å². The molecular weight excluding hydrogens is 284 g/mol. The predicted molar refractivity (Wildman–Crippen MR) is 79.8 cm³/mol. The Morgan fingerprint density at radius 3 is 2.68 bits per heavy atom. The van der Waals surface area contributed by atoms with Gasteiger partial charge >= 0.3 is 11.9 Å². The molecule has 3 rings (SSSR count). The second-order valence-electron chi connectivity index (χ2n) is 4.66. The summed E-state index contributed by atoms with van der Waals surface area (Å²) >= 11 is 0. The molecule has 6 heteroatoms. The lowest BCUT2D eigenvalue weighted by Crippen LogP contribution is -2.00. The van der Waals surface area contributed by atoms with Gasteiger partial charge < -0.3 is 14.8 Å². The van der Waals surface area contributed by atoms with Crippen LogP contribution in [0.2, 0.25) is 0 Å². The number of hydrogen-bond acceptors (Lipinski definition) is 4. The maximum Gasteiger partial charge on any atom is 0.337 e. The van der Waals surface area contributed by atoms with Crippen molar-refractivity contribution in [2.45, 2.75) is 0 Å². The fourth-order valence-electron chi connectivity index (χ4n) is 2.26. The predicted octanol–water partition coefficient (Wildman–Crippen LogP) is 2.71. The second kappa shape index (κ2) is 5.33. The van der Waals surface area contributed by atoms with E-state index in [9.17, 15) is 14.7 Å². The second-order valence-corrected chi connectivity index (χ2v) is 4.66. The maximum absolute atomic E-state index is 11.5. The van der Waals surface area contributed by atoms with Crippen LogP contribution in [-0.4, -0.2) is 34.1 Å². The number of nitrogens with one attached hydrogen (secondary N) is 1. The van der Waals surface area contributed by atoms with E-state index in [-0.39, 0.29) is 5.56 Å². The van der Waals surface area contributed by atoms with Crippen molar-refractivity contribution in [2.24, 2.45) is 0 Å². The molecule has 0 saturated carbocycles. The largest absolute Gasteiger partial charge is 0.478 e. The van der Waals surface area contributed by atoms with Crippen LogP contribution >= 0.6 is 0 Å². The summed E-state index contributed by atoms with van der Waals surface area (Å²) in [4.78, 5) is 30.3. The number of fused-ring (bicyclic) bond motifs is 1. The van der Waals surface area contributed by atoms with E-state index in [1.54, 1.807) is 36.4 Å². The molecule has 2 N–H and O–H groups in total. The molecule has 2 aromatic carbocycles. The Balaban J connectivity index is 2.13. The number of hydrogen-bond donors (Lipinski definition) is 2. The number of carboxylic acids is 1. The van der Waals surface area contributed by atoms with Crippen molar-refractivity contribution >= 4 is 23.0 Å². The van der Waals surface area contributed by atoms with E-state index in [4.69, 9.17) is 0 Å². The molecule has 1 aromatic heterocycles. The van der Waals surface area contributed by atoms with Gasteiger partial charge in [-0.1, -0.05) is 18.2 Å². The van der Waals surface area contributed by atoms with Gasteiger partial charge in [-0.2, -0.15) is 0 Å². The van der Waals surface area contributed by atoms with Crippen LogP contribution in [-0.2, 0) is 4.74 Å². The van der Waals surface area contributed by atoms with Crippen LogP contribution in [0.15, 0.2) is 42.5 Å². The summed E-state index contributed by atoms with van der Waals surface area (Å²) in [5, 5.41) is 9.25. The first-order valence-electron chi connectivity index (χ1n) is 6.51. The standard InChI is InChI=1S/C16H12N2O4/c1-22-16(21)9-6-7-12-13(8-9)18-14(17-12)10-4-2-3-5-11(10)15(19)20/h2-8H,1H3,(H,17,18)(H,19,20). The Kier molecular flexibility index (Phi) is 3.34. The minimum absolute atomic E-state index is 0.162. The van der Waals surface area contributed by atoms with Gasteiger partial charge in [-0.25, -0.2) is 14.6 Å². The molecule has 0 aliphatic carbocycles. The van der Waals surface area contributed by atoms with E-state index in [1.807, 2.05) is 0 Å². The van der Waals surface area contributed by atoms with Crippen molar-refractivity contribution in [3.63, 3.8) is 0 Å². The average molecular weight is 296 g/mol. The Labute approximate surface area is 125 Å². The van der Waals surface area contributed by atoms with Crippen LogP contribution in [0.25, 0.3) is 22.4 Å². The third-order valence-electron chi connectivity index (χ3n) is 3.32. The molecule has 22 heavy (non-hydrogen) atoms. The van der Waals surface area contributed by atoms with Crippen LogP contribution in [0.3, 0.4) is 0 Å². The number of imidazole rings is 1. The number of benzene rings is 2. The van der Waals surface area contributed by atoms with Crippen molar-refractivity contribution in [3.05, 3.63) is 53.6 Å². The van der Waals surface area contributed by atoms with Gasteiger partial charge in [-0.05, 0) is 24.3 Å². The van der Waals surface area contributed by atoms with Crippen LogP contribution < -0.4 is 0 Å². The van der Waals surface area contributed by atoms with Gasteiger partial charge in [-0.3, -0.25) is 0 Å². The van der Waals surface area contributed by atoms with Crippen LogP contribution in [0.1, 0.15) is 20.7 Å². The monoisotopic (exact) mass is 296 g/mol. The number of H-pyrrole nitrogens is 1. The Hall–Kier alpha value is -3.15. The zero-order valence-electron chi connectivity index (χ0n) is 11.7. The summed E-state index contributed by atoms with van der Waals surface area (Å²) in [6.45, 7) is 0. The third-order valence-corrected chi connectivity index (χ3v) is 3.32. The SMILES string of the molecule is COC(=O)c1ccc2nc(-c3ccccc3C(=O)O)[nH]c2c1. The van der Waals surface area contributed by atoms with Gasteiger partial charge in [-0.15, -0.1) is 0 Å². The zero-order valence-corrected chi connectivity index (χ0v) is 11.7. The minimum atomic E-state index is -1.02. The molecule has 0 amide bonds. The summed E-state index contributed by atoms with van der Waals surface area (Å²) in [5.41, 5.74) is 2.33. The molecule has 6 nitrogen and oxygen atoms in total. The van der Waals surface area contributed by atoms with Crippen molar-refractivity contribution < 1.29 is 19.4 Å². The molecule has 0 atom stereocenters. The number of aromatic nitrogens is 2. The number of ether oxygens (including phenoxy) is 1. The molecule has 0 saturated heterocycles. The number of nitrogens with zero attached hydrogens (tertiary/aromatic N) is 1. The van der Waals surface area contributed by atoms with Gasteiger partial charge in [0, 0.05) is 5.56 Å². The summed E-state index contributed by atoms with van der Waals surface area (Å²) < 4.78 is 4.68. The van der Waals surface area contributed by atoms with Crippen LogP contribution in [0, 0.1) is 0 Å². The lowest BCUT2D eigenvalue weighted by atomic mass is 10.1. The van der Waals surface area contributed by atoms with Gasteiger partial charge in [0.2, 0.25) is 0 Å². The highest BCUT2D eigenvalue weighted by molar-refractivity contribution is 5.97. The highest BCUT2D eigenvalue weighted by Crippen LogP contribution is 2.24. The van der Waals surface area contributed by atoms with E-state index in [0.29, 0.717) is 28.0 Å². The lowest BCUT2D eigenvalue weighted by Gasteiger charge is -2.01. The Bertz CT molecular complexity index is 883. The number of aromatic carboxylic acids is 1. The van der Waals surface area contributed by atoms with Crippen molar-refractivity contribution in [1.29, 1.82) is 0 Å². The Morgan fingerprint density at radius 1 is 1.18 bits per heavy atom. The number of methoxy groups -OCH3 is 1. The molecule has 110 valence electrons. The number of aromatic amines is 1. The number of carbonyl (C=O) groups is 2.